The molecule has 1 amide bonds. The fraction of sp³-hybridized carbons (Fsp3) is 0.462. The van der Waals surface area contributed by atoms with Crippen LogP contribution in [0.15, 0.2) is 22.7 Å². The Morgan fingerprint density at radius 3 is 2.50 bits per heavy atom. The molecular formula is C13H19BrN2O3S. The van der Waals surface area contributed by atoms with Crippen LogP contribution in [-0.2, 0) is 10.0 Å². The highest BCUT2D eigenvalue weighted by Crippen LogP contribution is 2.19. The first-order chi connectivity index (χ1) is 9.02. The summed E-state index contributed by atoms with van der Waals surface area (Å²) in [4.78, 5) is 12.1. The van der Waals surface area contributed by atoms with Crippen LogP contribution in [-0.4, -0.2) is 32.7 Å². The molecule has 0 radical (unpaired) electrons. The summed E-state index contributed by atoms with van der Waals surface area (Å²) in [6, 6.07) is 5.37. The summed E-state index contributed by atoms with van der Waals surface area (Å²) in [5, 5.41) is 2.74. The molecule has 0 aromatic heterocycles. The van der Waals surface area contributed by atoms with E-state index in [9.17, 15) is 13.2 Å². The van der Waals surface area contributed by atoms with E-state index in [-0.39, 0.29) is 12.5 Å². The van der Waals surface area contributed by atoms with Crippen molar-refractivity contribution in [1.82, 2.24) is 10.0 Å². The van der Waals surface area contributed by atoms with Crippen molar-refractivity contribution in [3.8, 4) is 0 Å². The Morgan fingerprint density at radius 1 is 1.35 bits per heavy atom. The van der Waals surface area contributed by atoms with Crippen molar-refractivity contribution in [3.05, 3.63) is 33.8 Å². The van der Waals surface area contributed by atoms with Gasteiger partial charge in [0.05, 0.1) is 6.26 Å². The zero-order valence-electron chi connectivity index (χ0n) is 12.0. The van der Waals surface area contributed by atoms with Crippen LogP contribution in [0.5, 0.6) is 0 Å². The molecular weight excluding hydrogens is 344 g/mol. The first-order valence-corrected chi connectivity index (χ1v) is 8.72. The first-order valence-electron chi connectivity index (χ1n) is 6.04. The van der Waals surface area contributed by atoms with E-state index >= 15 is 0 Å². The molecule has 0 bridgehead atoms. The lowest BCUT2D eigenvalue weighted by atomic mass is 10.1. The predicted molar refractivity (Wildman–Crippen MR) is 83.3 cm³/mol. The number of carbonyl (C=O) groups excluding carboxylic acids is 1. The number of amides is 1. The van der Waals surface area contributed by atoms with Crippen molar-refractivity contribution in [2.45, 2.75) is 26.3 Å². The summed E-state index contributed by atoms with van der Waals surface area (Å²) in [5.74, 6) is -0.229. The van der Waals surface area contributed by atoms with Gasteiger partial charge in [-0.1, -0.05) is 22.0 Å². The van der Waals surface area contributed by atoms with Gasteiger partial charge >= 0.3 is 0 Å². The molecule has 0 heterocycles. The Kier molecular flexibility index (Phi) is 5.34. The maximum atomic E-state index is 12.1. The Morgan fingerprint density at radius 2 is 1.95 bits per heavy atom. The van der Waals surface area contributed by atoms with Crippen molar-refractivity contribution in [3.63, 3.8) is 0 Å². The van der Waals surface area contributed by atoms with Gasteiger partial charge < -0.3 is 5.32 Å². The van der Waals surface area contributed by atoms with Gasteiger partial charge in [0.25, 0.3) is 5.91 Å². The van der Waals surface area contributed by atoms with Crippen LogP contribution < -0.4 is 10.0 Å². The normalized spacial score (nSPS) is 12.2. The van der Waals surface area contributed by atoms with Gasteiger partial charge in [-0.2, -0.15) is 0 Å². The average Bonchev–Trinajstić information content (AvgIpc) is 2.27. The average molecular weight is 363 g/mol. The maximum absolute atomic E-state index is 12.1. The number of carbonyl (C=O) groups is 1. The Labute approximate surface area is 128 Å². The van der Waals surface area contributed by atoms with Crippen molar-refractivity contribution < 1.29 is 13.2 Å². The molecule has 0 saturated heterocycles. The molecule has 1 aromatic rings. The van der Waals surface area contributed by atoms with Crippen LogP contribution in [0.4, 0.5) is 0 Å². The number of nitrogens with one attached hydrogen (secondary N) is 2. The molecule has 2 N–H and O–H groups in total. The highest BCUT2D eigenvalue weighted by Gasteiger charge is 2.23. The zero-order valence-corrected chi connectivity index (χ0v) is 14.4. The molecule has 0 aliphatic carbocycles. The molecule has 112 valence electrons. The van der Waals surface area contributed by atoms with Crippen molar-refractivity contribution >= 4 is 31.9 Å². The molecule has 0 spiro atoms. The number of hydrogen-bond acceptors (Lipinski definition) is 3. The predicted octanol–water partition coefficient (Wildman–Crippen LogP) is 1.82. The molecule has 7 heteroatoms. The Bertz CT molecular complexity index is 612. The third-order valence-electron chi connectivity index (χ3n) is 2.66. The van der Waals surface area contributed by atoms with E-state index in [1.54, 1.807) is 26.0 Å². The number of rotatable bonds is 5. The lowest BCUT2D eigenvalue weighted by Crippen LogP contribution is -2.51. The molecule has 0 atom stereocenters. The van der Waals surface area contributed by atoms with Crippen LogP contribution in [0.1, 0.15) is 29.8 Å². The smallest absolute Gasteiger partial charge is 0.251 e. The molecule has 0 aliphatic rings. The number of benzene rings is 1. The second kappa shape index (κ2) is 6.24. The number of halogens is 1. The summed E-state index contributed by atoms with van der Waals surface area (Å²) in [6.45, 7) is 5.47. The lowest BCUT2D eigenvalue weighted by molar-refractivity contribution is 0.0944. The zero-order chi connectivity index (χ0) is 15.6. The van der Waals surface area contributed by atoms with E-state index in [0.29, 0.717) is 5.56 Å². The van der Waals surface area contributed by atoms with Gasteiger partial charge in [-0.25, -0.2) is 13.1 Å². The van der Waals surface area contributed by atoms with E-state index in [4.69, 9.17) is 0 Å². The molecule has 0 aliphatic heterocycles. The van der Waals surface area contributed by atoms with Crippen molar-refractivity contribution in [2.75, 3.05) is 12.8 Å². The third kappa shape index (κ3) is 5.22. The van der Waals surface area contributed by atoms with E-state index in [0.717, 1.165) is 16.3 Å². The fourth-order valence-electron chi connectivity index (χ4n) is 1.79. The third-order valence-corrected chi connectivity index (χ3v) is 4.45. The molecule has 5 nitrogen and oxygen atoms in total. The van der Waals surface area contributed by atoms with Crippen LogP contribution in [0.2, 0.25) is 0 Å². The largest absolute Gasteiger partial charge is 0.350 e. The maximum Gasteiger partial charge on any atom is 0.251 e. The van der Waals surface area contributed by atoms with Gasteiger partial charge in [-0.05, 0) is 38.5 Å². The van der Waals surface area contributed by atoms with Crippen LogP contribution in [0.25, 0.3) is 0 Å². The van der Waals surface area contributed by atoms with Gasteiger partial charge in [-0.3, -0.25) is 4.79 Å². The molecule has 0 fully saturated rings. The summed E-state index contributed by atoms with van der Waals surface area (Å²) < 4.78 is 25.8. The summed E-state index contributed by atoms with van der Waals surface area (Å²) in [7, 11) is -3.32. The topological polar surface area (TPSA) is 75.3 Å². The monoisotopic (exact) mass is 362 g/mol. The lowest BCUT2D eigenvalue weighted by Gasteiger charge is -2.25. The van der Waals surface area contributed by atoms with Gasteiger partial charge in [0, 0.05) is 22.1 Å². The van der Waals surface area contributed by atoms with E-state index in [2.05, 4.69) is 26.0 Å². The molecule has 1 aromatic carbocycles. The van der Waals surface area contributed by atoms with Crippen molar-refractivity contribution in [2.24, 2.45) is 0 Å². The second-order valence-corrected chi connectivity index (χ2v) is 7.96. The number of hydrogen-bond donors (Lipinski definition) is 2. The Hall–Kier alpha value is -0.920. The minimum Gasteiger partial charge on any atom is -0.350 e. The van der Waals surface area contributed by atoms with E-state index in [1.165, 1.54) is 0 Å². The van der Waals surface area contributed by atoms with Crippen LogP contribution in [0.3, 0.4) is 0 Å². The van der Waals surface area contributed by atoms with Gasteiger partial charge in [-0.15, -0.1) is 0 Å². The van der Waals surface area contributed by atoms with Crippen LogP contribution >= 0.6 is 15.9 Å². The van der Waals surface area contributed by atoms with E-state index < -0.39 is 15.6 Å². The Balaban J connectivity index is 2.75. The highest BCUT2D eigenvalue weighted by molar-refractivity contribution is 9.10. The SMILES string of the molecule is Cc1c(Br)cccc1C(=O)NCC(C)(C)NS(C)(=O)=O. The summed E-state index contributed by atoms with van der Waals surface area (Å²) in [5.41, 5.74) is 0.664. The minimum atomic E-state index is -3.32. The minimum absolute atomic E-state index is 0.199. The number of sulfonamides is 1. The molecule has 1 rings (SSSR count). The highest BCUT2D eigenvalue weighted by atomic mass is 79.9. The van der Waals surface area contributed by atoms with Gasteiger partial charge in [0.2, 0.25) is 10.0 Å². The molecule has 0 unspecified atom stereocenters. The quantitative estimate of drug-likeness (QED) is 0.838. The second-order valence-electron chi connectivity index (χ2n) is 5.35. The summed E-state index contributed by atoms with van der Waals surface area (Å²) in [6.07, 6.45) is 1.09. The standard InChI is InChI=1S/C13H19BrN2O3S/c1-9-10(6-5-7-11(9)14)12(17)15-8-13(2,3)16-20(4,18)19/h5-7,16H,8H2,1-4H3,(H,15,17). The van der Waals surface area contributed by atoms with Gasteiger partial charge in [0.1, 0.15) is 0 Å². The molecule has 20 heavy (non-hydrogen) atoms. The molecule has 0 saturated carbocycles. The summed E-state index contributed by atoms with van der Waals surface area (Å²) >= 11 is 3.37. The van der Waals surface area contributed by atoms with Gasteiger partial charge in [0.15, 0.2) is 0 Å². The first kappa shape index (κ1) is 17.1. The van der Waals surface area contributed by atoms with E-state index in [1.807, 2.05) is 13.0 Å². The fourth-order valence-corrected chi connectivity index (χ4v) is 3.23. The van der Waals surface area contributed by atoms with Crippen molar-refractivity contribution in [1.29, 1.82) is 0 Å². The van der Waals surface area contributed by atoms with Crippen LogP contribution in [0, 0.1) is 6.92 Å².